The summed E-state index contributed by atoms with van der Waals surface area (Å²) in [6, 6.07) is 8.60. The number of halogens is 6. The van der Waals surface area contributed by atoms with E-state index in [1.165, 1.54) is 36.7 Å². The molecular weight excluding hydrogens is 540 g/mol. The fourth-order valence-electron chi connectivity index (χ4n) is 5.38. The zero-order chi connectivity index (χ0) is 28.3. The summed E-state index contributed by atoms with van der Waals surface area (Å²) in [7, 11) is 0. The Labute approximate surface area is 226 Å². The number of anilines is 2. The molecule has 0 amide bonds. The lowest BCUT2D eigenvalue weighted by Crippen LogP contribution is -2.54. The van der Waals surface area contributed by atoms with Crippen LogP contribution in [0.4, 0.5) is 38.0 Å². The average Bonchev–Trinajstić information content (AvgIpc) is 3.38. The number of aromatic nitrogens is 2. The number of hydrogen-bond donors (Lipinski definition) is 2. The van der Waals surface area contributed by atoms with Gasteiger partial charge in [0.2, 0.25) is 0 Å². The van der Waals surface area contributed by atoms with Crippen molar-refractivity contribution in [2.24, 2.45) is 0 Å². The van der Waals surface area contributed by atoms with Crippen LogP contribution >= 0.6 is 0 Å². The Morgan fingerprint density at radius 2 is 1.65 bits per heavy atom. The summed E-state index contributed by atoms with van der Waals surface area (Å²) >= 11 is 0. The molecule has 1 saturated heterocycles. The summed E-state index contributed by atoms with van der Waals surface area (Å²) < 4.78 is 86.5. The Morgan fingerprint density at radius 3 is 2.38 bits per heavy atom. The van der Waals surface area contributed by atoms with Crippen LogP contribution in [0, 0.1) is 0 Å². The highest BCUT2D eigenvalue weighted by Gasteiger charge is 2.34. The van der Waals surface area contributed by atoms with Crippen LogP contribution in [0.25, 0.3) is 11.3 Å². The molecule has 216 valence electrons. The van der Waals surface area contributed by atoms with Gasteiger partial charge in [0.15, 0.2) is 5.76 Å². The molecule has 5 rings (SSSR count). The summed E-state index contributed by atoms with van der Waals surface area (Å²) in [5, 5.41) is 7.08. The number of benzene rings is 1. The van der Waals surface area contributed by atoms with Crippen molar-refractivity contribution in [1.29, 1.82) is 0 Å². The van der Waals surface area contributed by atoms with Gasteiger partial charge in [-0.3, -0.25) is 4.98 Å². The fraction of sp³-hybridized carbons (Fsp3) is 0.481. The number of hydrogen-bond acceptors (Lipinski definition) is 7. The maximum atomic E-state index is 13.2. The van der Waals surface area contributed by atoms with Crippen LogP contribution in [0.1, 0.15) is 44.2 Å². The number of pyridine rings is 1. The van der Waals surface area contributed by atoms with E-state index in [0.29, 0.717) is 36.1 Å². The van der Waals surface area contributed by atoms with Gasteiger partial charge in [0.1, 0.15) is 11.4 Å². The summed E-state index contributed by atoms with van der Waals surface area (Å²) in [6.07, 6.45) is -0.897. The van der Waals surface area contributed by atoms with E-state index in [1.54, 1.807) is 6.07 Å². The van der Waals surface area contributed by atoms with E-state index >= 15 is 0 Å². The Bertz CT molecular complexity index is 1260. The van der Waals surface area contributed by atoms with Crippen LogP contribution in [0.5, 0.6) is 5.75 Å². The molecule has 2 aliphatic rings. The molecule has 0 radical (unpaired) electrons. The van der Waals surface area contributed by atoms with Gasteiger partial charge >= 0.3 is 12.5 Å². The highest BCUT2D eigenvalue weighted by molar-refractivity contribution is 5.58. The van der Waals surface area contributed by atoms with E-state index in [1.807, 2.05) is 4.90 Å². The van der Waals surface area contributed by atoms with Gasteiger partial charge in [0.25, 0.3) is 6.01 Å². The predicted molar refractivity (Wildman–Crippen MR) is 136 cm³/mol. The second-order valence-corrected chi connectivity index (χ2v) is 10.1. The number of rotatable bonds is 7. The lowest BCUT2D eigenvalue weighted by molar-refractivity contribution is -0.274. The molecule has 1 aliphatic heterocycles. The molecule has 2 N–H and O–H groups in total. The minimum atomic E-state index is -4.76. The average molecular weight is 570 g/mol. The quantitative estimate of drug-likeness (QED) is 0.309. The van der Waals surface area contributed by atoms with Crippen molar-refractivity contribution in [1.82, 2.24) is 15.3 Å². The first-order valence-electron chi connectivity index (χ1n) is 13.2. The first kappa shape index (κ1) is 28.1. The molecule has 1 aromatic carbocycles. The van der Waals surface area contributed by atoms with Crippen LogP contribution in [0.3, 0.4) is 0 Å². The summed E-state index contributed by atoms with van der Waals surface area (Å²) in [5.41, 5.74) is 0.172. The molecule has 40 heavy (non-hydrogen) atoms. The Kier molecular flexibility index (Phi) is 8.11. The van der Waals surface area contributed by atoms with Crippen LogP contribution < -0.4 is 20.3 Å². The van der Waals surface area contributed by atoms with Crippen molar-refractivity contribution in [2.75, 3.05) is 23.3 Å². The van der Waals surface area contributed by atoms with Crippen molar-refractivity contribution in [3.63, 3.8) is 0 Å². The molecule has 2 fully saturated rings. The maximum absolute atomic E-state index is 13.2. The highest BCUT2D eigenvalue weighted by atomic mass is 19.4. The third kappa shape index (κ3) is 7.18. The van der Waals surface area contributed by atoms with Crippen molar-refractivity contribution < 1.29 is 35.5 Å². The number of ether oxygens (including phenoxy) is 1. The van der Waals surface area contributed by atoms with E-state index in [-0.39, 0.29) is 23.9 Å². The molecular formula is C27H29F6N5O2. The van der Waals surface area contributed by atoms with Gasteiger partial charge in [-0.25, -0.2) is 4.98 Å². The smallest absolute Gasteiger partial charge is 0.424 e. The molecule has 7 nitrogen and oxygen atoms in total. The monoisotopic (exact) mass is 569 g/mol. The standard InChI is InChI=1S/C27H29F6N5O2/c28-26(29,30)24-14-19(11-12-34-24)38-13-3-4-18(16-38)36-21-5-1-2-6-22(21)37-25-35-15-23(39-25)17-7-9-20(10-8-17)40-27(31,32)33/h7-12,14-15,18,21-22,36H,1-6,13,16H2,(H,35,37)/t18-,21+,22+/m0/s1. The van der Waals surface area contributed by atoms with Crippen LogP contribution in [-0.2, 0) is 6.18 Å². The van der Waals surface area contributed by atoms with Gasteiger partial charge in [-0.15, -0.1) is 13.2 Å². The molecule has 2 aromatic heterocycles. The van der Waals surface area contributed by atoms with E-state index in [2.05, 4.69) is 25.3 Å². The molecule has 0 bridgehead atoms. The van der Waals surface area contributed by atoms with Gasteiger partial charge in [0.05, 0.1) is 6.20 Å². The Hall–Kier alpha value is -3.48. The topological polar surface area (TPSA) is 75.5 Å². The largest absolute Gasteiger partial charge is 0.573 e. The van der Waals surface area contributed by atoms with Gasteiger partial charge < -0.3 is 24.7 Å². The maximum Gasteiger partial charge on any atom is 0.573 e. The van der Waals surface area contributed by atoms with E-state index in [4.69, 9.17) is 4.42 Å². The lowest BCUT2D eigenvalue weighted by Gasteiger charge is -2.40. The number of piperidine rings is 1. The molecule has 3 aromatic rings. The lowest BCUT2D eigenvalue weighted by atomic mass is 9.89. The molecule has 3 heterocycles. The number of nitrogens with one attached hydrogen (secondary N) is 2. The van der Waals surface area contributed by atoms with E-state index < -0.39 is 18.2 Å². The SMILES string of the molecule is FC(F)(F)Oc1ccc(-c2cnc(N[C@@H]3CCCC[C@H]3N[C@H]3CCCN(c4ccnc(C(F)(F)F)c4)C3)o2)cc1. The molecule has 0 unspecified atom stereocenters. The zero-order valence-electron chi connectivity index (χ0n) is 21.4. The summed E-state index contributed by atoms with van der Waals surface area (Å²) in [6.45, 7) is 1.26. The number of nitrogens with zero attached hydrogens (tertiary/aromatic N) is 3. The van der Waals surface area contributed by atoms with Gasteiger partial charge in [-0.2, -0.15) is 13.2 Å². The molecule has 1 saturated carbocycles. The van der Waals surface area contributed by atoms with Crippen LogP contribution in [-0.4, -0.2) is 47.5 Å². The van der Waals surface area contributed by atoms with Crippen molar-refractivity contribution in [3.05, 3.63) is 54.5 Å². The van der Waals surface area contributed by atoms with Crippen molar-refractivity contribution in [2.45, 2.75) is 69.2 Å². The Morgan fingerprint density at radius 1 is 0.900 bits per heavy atom. The van der Waals surface area contributed by atoms with E-state index in [0.717, 1.165) is 44.6 Å². The molecule has 13 heteroatoms. The first-order chi connectivity index (χ1) is 19.0. The molecule has 0 spiro atoms. The first-order valence-corrected chi connectivity index (χ1v) is 13.2. The third-order valence-corrected chi connectivity index (χ3v) is 7.22. The third-order valence-electron chi connectivity index (χ3n) is 7.22. The second kappa shape index (κ2) is 11.6. The zero-order valence-corrected chi connectivity index (χ0v) is 21.4. The van der Waals surface area contributed by atoms with Crippen molar-refractivity contribution >= 4 is 11.7 Å². The summed E-state index contributed by atoms with van der Waals surface area (Å²) in [5.74, 6) is 0.0797. The predicted octanol–water partition coefficient (Wildman–Crippen LogP) is 6.64. The minimum absolute atomic E-state index is 0.0240. The van der Waals surface area contributed by atoms with Crippen molar-refractivity contribution in [3.8, 4) is 17.1 Å². The summed E-state index contributed by atoms with van der Waals surface area (Å²) in [4.78, 5) is 9.74. The Balaban J connectivity index is 1.20. The number of alkyl halides is 6. The van der Waals surface area contributed by atoms with Gasteiger partial charge in [0, 0.05) is 48.7 Å². The number of oxazole rings is 1. The van der Waals surface area contributed by atoms with Gasteiger partial charge in [-0.05, 0) is 62.1 Å². The van der Waals surface area contributed by atoms with Crippen LogP contribution in [0.2, 0.25) is 0 Å². The van der Waals surface area contributed by atoms with Crippen LogP contribution in [0.15, 0.2) is 53.2 Å². The second-order valence-electron chi connectivity index (χ2n) is 10.1. The van der Waals surface area contributed by atoms with Gasteiger partial charge in [-0.1, -0.05) is 12.8 Å². The fourth-order valence-corrected chi connectivity index (χ4v) is 5.38. The highest BCUT2D eigenvalue weighted by Crippen LogP contribution is 2.32. The molecule has 3 atom stereocenters. The molecule has 1 aliphatic carbocycles. The minimum Gasteiger partial charge on any atom is -0.424 e. The normalized spacial score (nSPS) is 22.2. The van der Waals surface area contributed by atoms with E-state index in [9.17, 15) is 26.3 Å².